The van der Waals surface area contributed by atoms with Crippen molar-refractivity contribution in [2.45, 2.75) is 19.4 Å². The molecule has 1 N–H and O–H groups in total. The van der Waals surface area contributed by atoms with Crippen molar-refractivity contribution in [1.82, 2.24) is 0 Å². The van der Waals surface area contributed by atoms with Gasteiger partial charge in [0.25, 0.3) is 0 Å². The maximum atomic E-state index is 10.6. The molecule has 27 heavy (non-hydrogen) atoms. The Kier molecular flexibility index (Phi) is 6.10. The molecule has 0 atom stereocenters. The number of carboxylic acid groups (broad SMARTS) is 1. The Labute approximate surface area is 159 Å². The predicted molar refractivity (Wildman–Crippen MR) is 105 cm³/mol. The molecule has 0 aliphatic heterocycles. The van der Waals surface area contributed by atoms with E-state index in [1.165, 1.54) is 0 Å². The monoisotopic (exact) mass is 362 g/mol. The summed E-state index contributed by atoms with van der Waals surface area (Å²) in [5.74, 6) is 0.814. The molecule has 4 nitrogen and oxygen atoms in total. The van der Waals surface area contributed by atoms with Crippen LogP contribution in [0.5, 0.6) is 11.5 Å². The average molecular weight is 362 g/mol. The first-order chi connectivity index (χ1) is 13.2. The fourth-order valence-corrected chi connectivity index (χ4v) is 2.88. The van der Waals surface area contributed by atoms with Crippen molar-refractivity contribution in [3.05, 3.63) is 83.9 Å². The summed E-state index contributed by atoms with van der Waals surface area (Å²) in [5.41, 5.74) is 4.18. The Morgan fingerprint density at radius 3 is 2.44 bits per heavy atom. The van der Waals surface area contributed by atoms with E-state index in [2.05, 4.69) is 12.1 Å². The summed E-state index contributed by atoms with van der Waals surface area (Å²) in [7, 11) is 1.67. The SMILES string of the molecule is COc1ccccc1-c1cccc(COc2ccc(CCC(=O)O)cc2)c1. The van der Waals surface area contributed by atoms with E-state index in [0.29, 0.717) is 13.0 Å². The lowest BCUT2D eigenvalue weighted by atomic mass is 10.0. The summed E-state index contributed by atoms with van der Waals surface area (Å²) in [6.45, 7) is 0.456. The molecule has 0 bridgehead atoms. The van der Waals surface area contributed by atoms with Crippen LogP contribution >= 0.6 is 0 Å². The molecule has 0 saturated carbocycles. The van der Waals surface area contributed by atoms with Gasteiger partial charge in [0.05, 0.1) is 7.11 Å². The number of carboxylic acids is 1. The Morgan fingerprint density at radius 2 is 1.70 bits per heavy atom. The minimum absolute atomic E-state index is 0.135. The zero-order chi connectivity index (χ0) is 19.1. The Morgan fingerprint density at radius 1 is 0.926 bits per heavy atom. The second-order valence-electron chi connectivity index (χ2n) is 6.23. The Bertz CT molecular complexity index is 900. The molecule has 0 amide bonds. The minimum Gasteiger partial charge on any atom is -0.496 e. The molecule has 0 unspecified atom stereocenters. The van der Waals surface area contributed by atoms with Crippen LogP contribution in [0.3, 0.4) is 0 Å². The molecular weight excluding hydrogens is 340 g/mol. The quantitative estimate of drug-likeness (QED) is 0.615. The minimum atomic E-state index is -0.787. The van der Waals surface area contributed by atoms with Gasteiger partial charge in [0.15, 0.2) is 0 Å². The van der Waals surface area contributed by atoms with Crippen molar-refractivity contribution in [1.29, 1.82) is 0 Å². The first-order valence-corrected chi connectivity index (χ1v) is 8.81. The molecular formula is C23H22O4. The van der Waals surface area contributed by atoms with Crippen molar-refractivity contribution < 1.29 is 19.4 Å². The third kappa shape index (κ3) is 5.11. The van der Waals surface area contributed by atoms with Crippen LogP contribution in [0.15, 0.2) is 72.8 Å². The number of para-hydroxylation sites is 1. The molecule has 0 spiro atoms. The summed E-state index contributed by atoms with van der Waals surface area (Å²) >= 11 is 0. The highest BCUT2D eigenvalue weighted by atomic mass is 16.5. The number of benzene rings is 3. The van der Waals surface area contributed by atoms with Gasteiger partial charge in [-0.05, 0) is 47.4 Å². The highest BCUT2D eigenvalue weighted by molar-refractivity contribution is 5.70. The summed E-state index contributed by atoms with van der Waals surface area (Å²) in [4.78, 5) is 10.6. The van der Waals surface area contributed by atoms with E-state index in [1.807, 2.05) is 60.7 Å². The van der Waals surface area contributed by atoms with Crippen LogP contribution in [0.1, 0.15) is 17.5 Å². The molecule has 4 heteroatoms. The molecule has 3 aromatic rings. The normalized spacial score (nSPS) is 10.4. The number of aliphatic carboxylic acids is 1. The van der Waals surface area contributed by atoms with Crippen molar-refractivity contribution >= 4 is 5.97 Å². The second kappa shape index (κ2) is 8.90. The number of hydrogen-bond donors (Lipinski definition) is 1. The maximum absolute atomic E-state index is 10.6. The number of ether oxygens (including phenoxy) is 2. The molecule has 0 fully saturated rings. The molecule has 0 aliphatic carbocycles. The zero-order valence-corrected chi connectivity index (χ0v) is 15.2. The van der Waals surface area contributed by atoms with E-state index in [0.717, 1.165) is 33.8 Å². The van der Waals surface area contributed by atoms with E-state index in [9.17, 15) is 4.79 Å². The molecule has 0 radical (unpaired) electrons. The molecule has 0 aliphatic rings. The topological polar surface area (TPSA) is 55.8 Å². The number of methoxy groups -OCH3 is 1. The van der Waals surface area contributed by atoms with Gasteiger partial charge in [0.2, 0.25) is 0 Å². The summed E-state index contributed by atoms with van der Waals surface area (Å²) in [5, 5.41) is 8.74. The zero-order valence-electron chi connectivity index (χ0n) is 15.2. The van der Waals surface area contributed by atoms with Crippen LogP contribution in [-0.2, 0) is 17.8 Å². The van der Waals surface area contributed by atoms with Crippen LogP contribution in [0, 0.1) is 0 Å². The Hall–Kier alpha value is -3.27. The molecule has 0 aromatic heterocycles. The predicted octanol–water partition coefficient (Wildman–Crippen LogP) is 4.96. The standard InChI is InChI=1S/C23H22O4/c1-26-22-8-3-2-7-21(22)19-6-4-5-18(15-19)16-27-20-12-9-17(10-13-20)11-14-23(24)25/h2-10,12-13,15H,11,14,16H2,1H3,(H,24,25). The van der Waals surface area contributed by atoms with Crippen molar-refractivity contribution in [3.63, 3.8) is 0 Å². The number of aryl methyl sites for hydroxylation is 1. The third-order valence-electron chi connectivity index (χ3n) is 4.30. The lowest BCUT2D eigenvalue weighted by molar-refractivity contribution is -0.136. The van der Waals surface area contributed by atoms with Gasteiger partial charge in [-0.3, -0.25) is 4.79 Å². The van der Waals surface area contributed by atoms with Gasteiger partial charge in [-0.15, -0.1) is 0 Å². The average Bonchev–Trinajstić information content (AvgIpc) is 2.71. The van der Waals surface area contributed by atoms with E-state index in [-0.39, 0.29) is 6.42 Å². The fourth-order valence-electron chi connectivity index (χ4n) is 2.88. The number of carbonyl (C=O) groups is 1. The van der Waals surface area contributed by atoms with Gasteiger partial charge in [-0.1, -0.05) is 48.5 Å². The van der Waals surface area contributed by atoms with E-state index >= 15 is 0 Å². The highest BCUT2D eigenvalue weighted by Crippen LogP contribution is 2.30. The molecule has 138 valence electrons. The second-order valence-corrected chi connectivity index (χ2v) is 6.23. The van der Waals surface area contributed by atoms with Gasteiger partial charge in [0.1, 0.15) is 18.1 Å². The first-order valence-electron chi connectivity index (χ1n) is 8.81. The molecule has 3 rings (SSSR count). The van der Waals surface area contributed by atoms with Crippen LogP contribution < -0.4 is 9.47 Å². The van der Waals surface area contributed by atoms with Gasteiger partial charge in [-0.25, -0.2) is 0 Å². The molecule has 0 saturated heterocycles. The molecule has 3 aromatic carbocycles. The lowest BCUT2D eigenvalue weighted by Gasteiger charge is -2.11. The largest absolute Gasteiger partial charge is 0.496 e. The number of rotatable bonds is 8. The third-order valence-corrected chi connectivity index (χ3v) is 4.30. The van der Waals surface area contributed by atoms with Crippen LogP contribution in [-0.4, -0.2) is 18.2 Å². The van der Waals surface area contributed by atoms with Crippen LogP contribution in [0.25, 0.3) is 11.1 Å². The van der Waals surface area contributed by atoms with Gasteiger partial charge >= 0.3 is 5.97 Å². The van der Waals surface area contributed by atoms with Crippen molar-refractivity contribution in [2.75, 3.05) is 7.11 Å². The maximum Gasteiger partial charge on any atom is 0.303 e. The van der Waals surface area contributed by atoms with Crippen molar-refractivity contribution in [2.24, 2.45) is 0 Å². The first kappa shape index (κ1) is 18.5. The lowest BCUT2D eigenvalue weighted by Crippen LogP contribution is -1.98. The Balaban J connectivity index is 1.66. The van der Waals surface area contributed by atoms with E-state index < -0.39 is 5.97 Å². The fraction of sp³-hybridized carbons (Fsp3) is 0.174. The van der Waals surface area contributed by atoms with Gasteiger partial charge in [0, 0.05) is 12.0 Å². The van der Waals surface area contributed by atoms with Gasteiger partial charge in [-0.2, -0.15) is 0 Å². The van der Waals surface area contributed by atoms with E-state index in [1.54, 1.807) is 7.11 Å². The summed E-state index contributed by atoms with van der Waals surface area (Å²) < 4.78 is 11.3. The number of hydrogen-bond acceptors (Lipinski definition) is 3. The van der Waals surface area contributed by atoms with E-state index in [4.69, 9.17) is 14.6 Å². The van der Waals surface area contributed by atoms with Gasteiger partial charge < -0.3 is 14.6 Å². The summed E-state index contributed by atoms with van der Waals surface area (Å²) in [6, 6.07) is 23.7. The summed E-state index contributed by atoms with van der Waals surface area (Å²) in [6.07, 6.45) is 0.659. The smallest absolute Gasteiger partial charge is 0.303 e. The van der Waals surface area contributed by atoms with Crippen molar-refractivity contribution in [3.8, 4) is 22.6 Å². The van der Waals surface area contributed by atoms with Crippen LogP contribution in [0.4, 0.5) is 0 Å². The highest BCUT2D eigenvalue weighted by Gasteiger charge is 2.06. The molecule has 0 heterocycles. The van der Waals surface area contributed by atoms with Crippen LogP contribution in [0.2, 0.25) is 0 Å².